The molecule has 1 N–H and O–H groups in total. The van der Waals surface area contributed by atoms with E-state index in [0.29, 0.717) is 33.6 Å². The maximum absolute atomic E-state index is 12.6. The van der Waals surface area contributed by atoms with Gasteiger partial charge < -0.3 is 9.73 Å². The van der Waals surface area contributed by atoms with Gasteiger partial charge in [0.2, 0.25) is 5.91 Å². The highest BCUT2D eigenvalue weighted by Crippen LogP contribution is 2.23. The molecule has 0 radical (unpaired) electrons. The minimum Gasteiger partial charge on any atom is -0.440 e. The molecule has 0 aliphatic rings. The summed E-state index contributed by atoms with van der Waals surface area (Å²) < 4.78 is 7.15. The first-order chi connectivity index (χ1) is 13.9. The fraction of sp³-hybridized carbons (Fsp3) is 0.273. The summed E-state index contributed by atoms with van der Waals surface area (Å²) >= 11 is 0. The number of aromatic nitrogens is 3. The van der Waals surface area contributed by atoms with Gasteiger partial charge >= 0.3 is 0 Å². The Morgan fingerprint density at radius 1 is 1.24 bits per heavy atom. The Bertz CT molecular complexity index is 1270. The Morgan fingerprint density at radius 2 is 2.07 bits per heavy atom. The van der Waals surface area contributed by atoms with E-state index in [0.717, 1.165) is 5.56 Å². The minimum atomic E-state index is -0.187. The molecule has 0 atom stereocenters. The van der Waals surface area contributed by atoms with Crippen molar-refractivity contribution in [2.45, 2.75) is 39.7 Å². The minimum absolute atomic E-state index is 0.142. The molecule has 2 aromatic carbocycles. The molecule has 4 rings (SSSR count). The normalized spacial score (nSPS) is 11.4. The summed E-state index contributed by atoms with van der Waals surface area (Å²) in [6.45, 7) is 6.20. The molecule has 148 valence electrons. The molecule has 7 heteroatoms. The van der Waals surface area contributed by atoms with E-state index < -0.39 is 0 Å². The highest BCUT2D eigenvalue weighted by Gasteiger charge is 2.11. The molecular weight excluding hydrogens is 368 g/mol. The number of para-hydroxylation sites is 1. The van der Waals surface area contributed by atoms with E-state index in [1.54, 1.807) is 24.3 Å². The van der Waals surface area contributed by atoms with E-state index in [1.165, 1.54) is 10.9 Å². The summed E-state index contributed by atoms with van der Waals surface area (Å²) in [5.41, 5.74) is 3.54. The van der Waals surface area contributed by atoms with Crippen molar-refractivity contribution < 1.29 is 9.21 Å². The number of nitrogens with one attached hydrogen (secondary N) is 1. The number of amides is 1. The standard InChI is InChI=1S/C22H22N4O3/c1-13(2)21-25-17-11-15(7-8-18(17)29-21)24-19(27)9-10-26-12-23-20-14(3)5-4-6-16(20)22(26)28/h4-8,11-13H,9-10H2,1-3H3,(H,24,27). The van der Waals surface area contributed by atoms with Crippen LogP contribution < -0.4 is 10.9 Å². The van der Waals surface area contributed by atoms with Gasteiger partial charge in [0.1, 0.15) is 5.52 Å². The summed E-state index contributed by atoms with van der Waals surface area (Å²) in [7, 11) is 0. The topological polar surface area (TPSA) is 90.0 Å². The van der Waals surface area contributed by atoms with Crippen molar-refractivity contribution in [3.63, 3.8) is 0 Å². The number of oxazole rings is 1. The fourth-order valence-electron chi connectivity index (χ4n) is 3.21. The summed E-state index contributed by atoms with van der Waals surface area (Å²) in [5, 5.41) is 3.41. The van der Waals surface area contributed by atoms with Crippen molar-refractivity contribution in [2.24, 2.45) is 0 Å². The van der Waals surface area contributed by atoms with Gasteiger partial charge in [-0.05, 0) is 36.8 Å². The summed E-state index contributed by atoms with van der Waals surface area (Å²) in [6.07, 6.45) is 1.66. The number of hydrogen-bond donors (Lipinski definition) is 1. The average molecular weight is 390 g/mol. The number of carbonyl (C=O) groups is 1. The molecule has 7 nitrogen and oxygen atoms in total. The van der Waals surface area contributed by atoms with Crippen LogP contribution in [0.2, 0.25) is 0 Å². The number of rotatable bonds is 5. The van der Waals surface area contributed by atoms with Crippen molar-refractivity contribution in [2.75, 3.05) is 5.32 Å². The lowest BCUT2D eigenvalue weighted by atomic mass is 10.1. The molecule has 2 aromatic heterocycles. The third kappa shape index (κ3) is 3.76. The molecule has 0 fully saturated rings. The number of carbonyl (C=O) groups excluding carboxylic acids is 1. The molecule has 0 bridgehead atoms. The number of fused-ring (bicyclic) bond motifs is 2. The van der Waals surface area contributed by atoms with Crippen LogP contribution in [0, 0.1) is 6.92 Å². The highest BCUT2D eigenvalue weighted by atomic mass is 16.3. The predicted octanol–water partition coefficient (Wildman–Crippen LogP) is 4.00. The molecule has 29 heavy (non-hydrogen) atoms. The van der Waals surface area contributed by atoms with Gasteiger partial charge in [-0.1, -0.05) is 26.0 Å². The van der Waals surface area contributed by atoms with Crippen molar-refractivity contribution >= 4 is 33.6 Å². The van der Waals surface area contributed by atoms with Gasteiger partial charge in [-0.25, -0.2) is 9.97 Å². The SMILES string of the molecule is Cc1cccc2c(=O)n(CCC(=O)Nc3ccc4oc(C(C)C)nc4c3)cnc12. The summed E-state index contributed by atoms with van der Waals surface area (Å²) in [4.78, 5) is 33.8. The Hall–Kier alpha value is -3.48. The number of aryl methyl sites for hydroxylation is 2. The van der Waals surface area contributed by atoms with E-state index in [1.807, 2.05) is 32.9 Å². The Balaban J connectivity index is 1.46. The molecule has 2 heterocycles. The maximum Gasteiger partial charge on any atom is 0.261 e. The molecule has 0 aliphatic carbocycles. The second kappa shape index (κ2) is 7.50. The third-order valence-corrected chi connectivity index (χ3v) is 4.82. The van der Waals surface area contributed by atoms with Crippen molar-refractivity contribution in [3.05, 3.63) is 64.5 Å². The van der Waals surface area contributed by atoms with Crippen LogP contribution in [0.1, 0.15) is 37.6 Å². The van der Waals surface area contributed by atoms with Crippen LogP contribution >= 0.6 is 0 Å². The average Bonchev–Trinajstić information content (AvgIpc) is 3.12. The van der Waals surface area contributed by atoms with Gasteiger partial charge in [0.25, 0.3) is 5.56 Å². The molecule has 0 aliphatic heterocycles. The van der Waals surface area contributed by atoms with Crippen LogP contribution in [0.25, 0.3) is 22.0 Å². The molecule has 1 amide bonds. The van der Waals surface area contributed by atoms with Gasteiger partial charge in [-0.2, -0.15) is 0 Å². The van der Waals surface area contributed by atoms with Crippen molar-refractivity contribution in [1.29, 1.82) is 0 Å². The maximum atomic E-state index is 12.6. The summed E-state index contributed by atoms with van der Waals surface area (Å²) in [5.74, 6) is 0.674. The number of anilines is 1. The van der Waals surface area contributed by atoms with Crippen LogP contribution in [0.3, 0.4) is 0 Å². The van der Waals surface area contributed by atoms with Crippen LogP contribution in [0.4, 0.5) is 5.69 Å². The van der Waals surface area contributed by atoms with E-state index in [9.17, 15) is 9.59 Å². The first-order valence-corrected chi connectivity index (χ1v) is 9.57. The molecule has 0 unspecified atom stereocenters. The molecular formula is C22H22N4O3. The Kier molecular flexibility index (Phi) is 4.88. The first kappa shape index (κ1) is 18.9. The van der Waals surface area contributed by atoms with Crippen LogP contribution in [-0.4, -0.2) is 20.4 Å². The van der Waals surface area contributed by atoms with Crippen molar-refractivity contribution in [3.8, 4) is 0 Å². The molecule has 0 saturated heterocycles. The van der Waals surface area contributed by atoms with E-state index in [4.69, 9.17) is 4.42 Å². The van der Waals surface area contributed by atoms with E-state index in [2.05, 4.69) is 15.3 Å². The lowest BCUT2D eigenvalue weighted by Crippen LogP contribution is -2.23. The van der Waals surface area contributed by atoms with Gasteiger partial charge in [-0.3, -0.25) is 14.2 Å². The lowest BCUT2D eigenvalue weighted by molar-refractivity contribution is -0.116. The number of benzene rings is 2. The van der Waals surface area contributed by atoms with E-state index >= 15 is 0 Å². The van der Waals surface area contributed by atoms with Gasteiger partial charge in [0.15, 0.2) is 11.5 Å². The largest absolute Gasteiger partial charge is 0.440 e. The first-order valence-electron chi connectivity index (χ1n) is 9.57. The third-order valence-electron chi connectivity index (χ3n) is 4.82. The Morgan fingerprint density at radius 3 is 2.86 bits per heavy atom. The molecule has 0 saturated carbocycles. The van der Waals surface area contributed by atoms with Gasteiger partial charge in [0, 0.05) is 24.6 Å². The summed E-state index contributed by atoms with van der Waals surface area (Å²) in [6, 6.07) is 10.9. The second-order valence-corrected chi connectivity index (χ2v) is 7.40. The quantitative estimate of drug-likeness (QED) is 0.556. The van der Waals surface area contributed by atoms with Crippen LogP contribution in [-0.2, 0) is 11.3 Å². The van der Waals surface area contributed by atoms with Crippen molar-refractivity contribution in [1.82, 2.24) is 14.5 Å². The number of hydrogen-bond acceptors (Lipinski definition) is 5. The molecule has 0 spiro atoms. The zero-order chi connectivity index (χ0) is 20.5. The zero-order valence-corrected chi connectivity index (χ0v) is 16.6. The Labute approximate surface area is 167 Å². The predicted molar refractivity (Wildman–Crippen MR) is 112 cm³/mol. The van der Waals surface area contributed by atoms with Crippen LogP contribution in [0.5, 0.6) is 0 Å². The highest BCUT2D eigenvalue weighted by molar-refractivity contribution is 5.92. The zero-order valence-electron chi connectivity index (χ0n) is 16.6. The second-order valence-electron chi connectivity index (χ2n) is 7.40. The monoisotopic (exact) mass is 390 g/mol. The van der Waals surface area contributed by atoms with Gasteiger partial charge in [-0.15, -0.1) is 0 Å². The fourth-order valence-corrected chi connectivity index (χ4v) is 3.21. The van der Waals surface area contributed by atoms with Crippen LogP contribution in [0.15, 0.2) is 51.9 Å². The number of nitrogens with zero attached hydrogens (tertiary/aromatic N) is 3. The lowest BCUT2D eigenvalue weighted by Gasteiger charge is -2.08. The van der Waals surface area contributed by atoms with Gasteiger partial charge in [0.05, 0.1) is 17.2 Å². The van der Waals surface area contributed by atoms with E-state index in [-0.39, 0.29) is 30.3 Å². The molecule has 4 aromatic rings. The smallest absolute Gasteiger partial charge is 0.261 e.